The molecular weight excluding hydrogens is 256 g/mol. The molecule has 1 amide bonds. The summed E-state index contributed by atoms with van der Waals surface area (Å²) in [5.41, 5.74) is 0.536. The molecule has 0 fully saturated rings. The average Bonchev–Trinajstić information content (AvgIpc) is 2.39. The van der Waals surface area contributed by atoms with Crippen molar-refractivity contribution in [2.75, 3.05) is 12.4 Å². The van der Waals surface area contributed by atoms with Crippen LogP contribution in [0.1, 0.15) is 17.3 Å². The molecule has 1 atom stereocenters. The van der Waals surface area contributed by atoms with E-state index in [1.165, 1.54) is 32.2 Å². The second kappa shape index (κ2) is 6.03. The molecule has 0 aliphatic rings. The second-order valence-corrected chi connectivity index (χ2v) is 3.93. The second-order valence-electron chi connectivity index (χ2n) is 3.53. The Labute approximate surface area is 109 Å². The van der Waals surface area contributed by atoms with Crippen molar-refractivity contribution in [2.45, 2.75) is 6.92 Å². The van der Waals surface area contributed by atoms with Gasteiger partial charge in [0.05, 0.1) is 29.5 Å². The molecule has 1 rings (SSSR count). The third-order valence-electron chi connectivity index (χ3n) is 2.23. The lowest BCUT2D eigenvalue weighted by molar-refractivity contribution is -0.117. The minimum Gasteiger partial charge on any atom is -0.465 e. The van der Waals surface area contributed by atoms with Crippen LogP contribution in [0.4, 0.5) is 5.69 Å². The molecule has 1 aromatic rings. The highest BCUT2D eigenvalue weighted by molar-refractivity contribution is 6.33. The molecule has 5 nitrogen and oxygen atoms in total. The first-order valence-electron chi connectivity index (χ1n) is 5.08. The Morgan fingerprint density at radius 3 is 2.72 bits per heavy atom. The van der Waals surface area contributed by atoms with E-state index >= 15 is 0 Å². The molecule has 0 bridgehead atoms. The van der Waals surface area contributed by atoms with Crippen molar-refractivity contribution in [3.8, 4) is 6.07 Å². The Bertz CT molecular complexity index is 523. The van der Waals surface area contributed by atoms with Gasteiger partial charge in [-0.15, -0.1) is 0 Å². The van der Waals surface area contributed by atoms with Crippen LogP contribution >= 0.6 is 11.6 Å². The first kappa shape index (κ1) is 14.0. The summed E-state index contributed by atoms with van der Waals surface area (Å²) in [6, 6.07) is 6.16. The number of carbonyl (C=O) groups is 2. The van der Waals surface area contributed by atoms with Gasteiger partial charge in [-0.25, -0.2) is 4.79 Å². The highest BCUT2D eigenvalue weighted by atomic mass is 35.5. The zero-order valence-electron chi connectivity index (χ0n) is 9.86. The lowest BCUT2D eigenvalue weighted by Gasteiger charge is -2.09. The normalized spacial score (nSPS) is 11.2. The maximum absolute atomic E-state index is 11.5. The van der Waals surface area contributed by atoms with E-state index in [0.29, 0.717) is 0 Å². The number of hydrogen-bond donors (Lipinski definition) is 1. The number of ether oxygens (including phenoxy) is 1. The van der Waals surface area contributed by atoms with Crippen LogP contribution in [0, 0.1) is 17.2 Å². The molecule has 0 aliphatic carbocycles. The van der Waals surface area contributed by atoms with Crippen molar-refractivity contribution in [3.63, 3.8) is 0 Å². The van der Waals surface area contributed by atoms with E-state index in [0.717, 1.165) is 0 Å². The fourth-order valence-corrected chi connectivity index (χ4v) is 1.33. The number of rotatable bonds is 3. The topological polar surface area (TPSA) is 79.2 Å². The van der Waals surface area contributed by atoms with E-state index < -0.39 is 17.8 Å². The smallest absolute Gasteiger partial charge is 0.337 e. The molecule has 1 unspecified atom stereocenters. The van der Waals surface area contributed by atoms with Crippen molar-refractivity contribution in [3.05, 3.63) is 28.8 Å². The zero-order valence-corrected chi connectivity index (χ0v) is 10.6. The molecular formula is C12H11ClN2O3. The van der Waals surface area contributed by atoms with Gasteiger partial charge in [-0.3, -0.25) is 4.79 Å². The Morgan fingerprint density at radius 1 is 1.50 bits per heavy atom. The zero-order chi connectivity index (χ0) is 13.7. The highest BCUT2D eigenvalue weighted by Gasteiger charge is 2.15. The van der Waals surface area contributed by atoms with Gasteiger partial charge in [0, 0.05) is 0 Å². The van der Waals surface area contributed by atoms with Crippen molar-refractivity contribution in [1.29, 1.82) is 5.26 Å². The molecule has 0 saturated carbocycles. The summed E-state index contributed by atoms with van der Waals surface area (Å²) in [4.78, 5) is 22.9. The molecule has 0 aromatic heterocycles. The Morgan fingerprint density at radius 2 is 2.17 bits per heavy atom. The third kappa shape index (κ3) is 3.22. The summed E-state index contributed by atoms with van der Waals surface area (Å²) < 4.78 is 4.56. The molecule has 1 N–H and O–H groups in total. The van der Waals surface area contributed by atoms with E-state index in [9.17, 15) is 9.59 Å². The van der Waals surface area contributed by atoms with Crippen LogP contribution in [-0.2, 0) is 9.53 Å². The summed E-state index contributed by atoms with van der Waals surface area (Å²) >= 11 is 5.89. The van der Waals surface area contributed by atoms with E-state index in [2.05, 4.69) is 10.1 Å². The predicted octanol–water partition coefficient (Wildman–Crippen LogP) is 2.22. The van der Waals surface area contributed by atoms with Gasteiger partial charge < -0.3 is 10.1 Å². The quantitative estimate of drug-likeness (QED) is 0.851. The molecule has 1 aromatic carbocycles. The third-order valence-corrected chi connectivity index (χ3v) is 2.56. The van der Waals surface area contributed by atoms with Crippen molar-refractivity contribution in [1.82, 2.24) is 0 Å². The van der Waals surface area contributed by atoms with Crippen LogP contribution < -0.4 is 5.32 Å². The minimum absolute atomic E-state index is 0.266. The number of nitrogens with one attached hydrogen (secondary N) is 1. The van der Waals surface area contributed by atoms with Crippen molar-refractivity contribution < 1.29 is 14.3 Å². The number of halogens is 1. The minimum atomic E-state index is -0.803. The molecule has 0 spiro atoms. The van der Waals surface area contributed by atoms with Crippen LogP contribution in [-0.4, -0.2) is 19.0 Å². The van der Waals surface area contributed by atoms with E-state index in [1.807, 2.05) is 0 Å². The SMILES string of the molecule is COC(=O)c1ccc(Cl)c(NC(=O)C(C)C#N)c1. The van der Waals surface area contributed by atoms with Crippen LogP contribution in [0.25, 0.3) is 0 Å². The van der Waals surface area contributed by atoms with E-state index in [4.69, 9.17) is 16.9 Å². The lowest BCUT2D eigenvalue weighted by Crippen LogP contribution is -2.19. The number of amides is 1. The summed E-state index contributed by atoms with van der Waals surface area (Å²) in [5, 5.41) is 11.4. The summed E-state index contributed by atoms with van der Waals surface area (Å²) in [6.07, 6.45) is 0. The van der Waals surface area contributed by atoms with Gasteiger partial charge in [0.1, 0.15) is 5.92 Å². The van der Waals surface area contributed by atoms with E-state index in [1.54, 1.807) is 6.07 Å². The van der Waals surface area contributed by atoms with Gasteiger partial charge in [0.2, 0.25) is 5.91 Å². The van der Waals surface area contributed by atoms with Crippen molar-refractivity contribution in [2.24, 2.45) is 5.92 Å². The van der Waals surface area contributed by atoms with Gasteiger partial charge in [0.15, 0.2) is 0 Å². The van der Waals surface area contributed by atoms with Gasteiger partial charge in [0.25, 0.3) is 0 Å². The number of methoxy groups -OCH3 is 1. The molecule has 0 saturated heterocycles. The van der Waals surface area contributed by atoms with Crippen molar-refractivity contribution >= 4 is 29.2 Å². The largest absolute Gasteiger partial charge is 0.465 e. The first-order chi connectivity index (χ1) is 8.49. The predicted molar refractivity (Wildman–Crippen MR) is 66.2 cm³/mol. The Balaban J connectivity index is 2.99. The number of esters is 1. The molecule has 18 heavy (non-hydrogen) atoms. The van der Waals surface area contributed by atoms with Crippen LogP contribution in [0.3, 0.4) is 0 Å². The van der Waals surface area contributed by atoms with Crippen LogP contribution in [0.5, 0.6) is 0 Å². The molecule has 0 radical (unpaired) electrons. The number of anilines is 1. The van der Waals surface area contributed by atoms with Gasteiger partial charge in [-0.2, -0.15) is 5.26 Å². The first-order valence-corrected chi connectivity index (χ1v) is 5.45. The van der Waals surface area contributed by atoms with Gasteiger partial charge >= 0.3 is 5.97 Å². The molecule has 94 valence electrons. The summed E-state index contributed by atoms with van der Waals surface area (Å²) in [7, 11) is 1.26. The van der Waals surface area contributed by atoms with Crippen LogP contribution in [0.15, 0.2) is 18.2 Å². The number of benzene rings is 1. The number of hydrogen-bond acceptors (Lipinski definition) is 4. The monoisotopic (exact) mass is 266 g/mol. The fraction of sp³-hybridized carbons (Fsp3) is 0.250. The standard InChI is InChI=1S/C12H11ClN2O3/c1-7(6-14)11(16)15-10-5-8(12(17)18-2)3-4-9(10)13/h3-5,7H,1-2H3,(H,15,16). The number of nitriles is 1. The van der Waals surface area contributed by atoms with Crippen LogP contribution in [0.2, 0.25) is 5.02 Å². The lowest BCUT2D eigenvalue weighted by atomic mass is 10.1. The van der Waals surface area contributed by atoms with Gasteiger partial charge in [-0.05, 0) is 25.1 Å². The number of carbonyl (C=O) groups excluding carboxylic acids is 2. The summed E-state index contributed by atoms with van der Waals surface area (Å²) in [5.74, 6) is -1.82. The maximum atomic E-state index is 11.5. The Kier molecular flexibility index (Phi) is 4.69. The molecule has 0 heterocycles. The summed E-state index contributed by atoms with van der Waals surface area (Å²) in [6.45, 7) is 1.47. The average molecular weight is 267 g/mol. The van der Waals surface area contributed by atoms with E-state index in [-0.39, 0.29) is 16.3 Å². The molecule has 6 heteroatoms. The van der Waals surface area contributed by atoms with Gasteiger partial charge in [-0.1, -0.05) is 11.6 Å². The Hall–Kier alpha value is -2.06. The highest BCUT2D eigenvalue weighted by Crippen LogP contribution is 2.23. The fourth-order valence-electron chi connectivity index (χ4n) is 1.17. The molecule has 0 aliphatic heterocycles. The maximum Gasteiger partial charge on any atom is 0.337 e. The number of nitrogens with zero attached hydrogens (tertiary/aromatic N) is 1.